The summed E-state index contributed by atoms with van der Waals surface area (Å²) in [6, 6.07) is -0.459. The Hall–Kier alpha value is -1.61. The Balaban J connectivity index is 3.06. The van der Waals surface area contributed by atoms with Gasteiger partial charge in [-0.05, 0) is 6.42 Å². The largest absolute Gasteiger partial charge is 0.444 e. The lowest BCUT2D eigenvalue weighted by Crippen LogP contribution is -2.29. The maximum absolute atomic E-state index is 12.0. The van der Waals surface area contributed by atoms with Crippen molar-refractivity contribution in [3.8, 4) is 0 Å². The predicted molar refractivity (Wildman–Crippen MR) is 87.3 cm³/mol. The van der Waals surface area contributed by atoms with Gasteiger partial charge in [-0.15, -0.1) is 9.78 Å². The number of hydrogen-bond acceptors (Lipinski definition) is 6. The molecule has 0 bridgehead atoms. The Kier molecular flexibility index (Phi) is 7.89. The Morgan fingerprint density at radius 1 is 1.55 bits per heavy atom. The van der Waals surface area contributed by atoms with Gasteiger partial charge in [0.2, 0.25) is 4.80 Å². The van der Waals surface area contributed by atoms with Crippen molar-refractivity contribution in [2.24, 2.45) is 4.99 Å². The zero-order valence-corrected chi connectivity index (χ0v) is 14.6. The van der Waals surface area contributed by atoms with Crippen molar-refractivity contribution in [1.82, 2.24) is 14.7 Å². The molecule has 0 saturated carbocycles. The van der Waals surface area contributed by atoms with Crippen molar-refractivity contribution >= 4 is 35.2 Å². The van der Waals surface area contributed by atoms with Crippen molar-refractivity contribution in [3.05, 3.63) is 17.5 Å². The second-order valence-corrected chi connectivity index (χ2v) is 6.72. The summed E-state index contributed by atoms with van der Waals surface area (Å²) in [6.45, 7) is 5.66. The zero-order chi connectivity index (χ0) is 16.5. The minimum absolute atomic E-state index is 0.0722. The van der Waals surface area contributed by atoms with Gasteiger partial charge >= 0.3 is 12.1 Å². The first-order valence-corrected chi connectivity index (χ1v) is 8.56. The highest BCUT2D eigenvalue weighted by Gasteiger charge is 2.15. The fraction of sp³-hybridized carbons (Fsp3) is 0.538. The van der Waals surface area contributed by atoms with E-state index in [1.165, 1.54) is 34.1 Å². The topological polar surface area (TPSA) is 76.8 Å². The molecule has 1 rings (SSSR count). The van der Waals surface area contributed by atoms with Gasteiger partial charge in [0.15, 0.2) is 4.34 Å². The van der Waals surface area contributed by atoms with Gasteiger partial charge in [-0.25, -0.2) is 9.59 Å². The second-order valence-electron chi connectivity index (χ2n) is 4.42. The van der Waals surface area contributed by atoms with Crippen molar-refractivity contribution in [2.45, 2.75) is 24.1 Å². The van der Waals surface area contributed by atoms with E-state index in [4.69, 9.17) is 4.74 Å². The molecule has 7 nitrogen and oxygen atoms in total. The van der Waals surface area contributed by atoms with Crippen LogP contribution in [0, 0.1) is 0 Å². The molecular weight excluding hydrogens is 324 g/mol. The van der Waals surface area contributed by atoms with Crippen molar-refractivity contribution in [3.63, 3.8) is 0 Å². The first-order valence-electron chi connectivity index (χ1n) is 6.76. The number of unbranched alkanes of at least 4 members (excludes halogenated alkanes) is 1. The summed E-state index contributed by atoms with van der Waals surface area (Å²) in [7, 11) is 3.17. The molecule has 0 aliphatic carbocycles. The Morgan fingerprint density at radius 3 is 2.86 bits per heavy atom. The van der Waals surface area contributed by atoms with E-state index in [2.05, 4.69) is 23.6 Å². The van der Waals surface area contributed by atoms with Gasteiger partial charge in [-0.1, -0.05) is 49.1 Å². The average Bonchev–Trinajstić information content (AvgIpc) is 2.87. The highest BCUT2D eigenvalue weighted by Crippen LogP contribution is 2.19. The Morgan fingerprint density at radius 2 is 2.27 bits per heavy atom. The molecular formula is C13H20N4O3S2. The van der Waals surface area contributed by atoms with E-state index in [9.17, 15) is 9.59 Å². The third kappa shape index (κ3) is 5.64. The van der Waals surface area contributed by atoms with Crippen LogP contribution >= 0.6 is 23.1 Å². The fourth-order valence-electron chi connectivity index (χ4n) is 1.19. The number of amides is 2. The lowest BCUT2D eigenvalue weighted by molar-refractivity contribution is 0.155. The lowest BCUT2D eigenvalue weighted by atomic mass is 10.4. The molecule has 0 radical (unpaired) electrons. The summed E-state index contributed by atoms with van der Waals surface area (Å²) < 4.78 is 6.65. The molecule has 0 fully saturated rings. The van der Waals surface area contributed by atoms with Crippen LogP contribution in [0.25, 0.3) is 0 Å². The normalized spacial score (nSPS) is 11.3. The number of carbonyl (C=O) groups is 2. The molecule has 0 aromatic carbocycles. The summed E-state index contributed by atoms with van der Waals surface area (Å²) in [4.78, 5) is 29.1. The van der Waals surface area contributed by atoms with Gasteiger partial charge in [0.1, 0.15) is 6.61 Å². The number of ether oxygens (including phenoxy) is 1. The SMILES string of the molecule is C=CCOC(=O)n1nc(SCCCC)sc1=NC(=O)N(C)C. The second kappa shape index (κ2) is 9.42. The van der Waals surface area contributed by atoms with Crippen LogP contribution in [0.3, 0.4) is 0 Å². The summed E-state index contributed by atoms with van der Waals surface area (Å²) in [6.07, 6.45) is 2.91. The number of carbonyl (C=O) groups excluding carboxylic acids is 2. The molecule has 0 saturated heterocycles. The number of thioether (sulfide) groups is 1. The molecule has 0 aliphatic rings. The minimum Gasteiger partial charge on any atom is -0.444 e. The van der Waals surface area contributed by atoms with Gasteiger partial charge in [0.05, 0.1) is 0 Å². The Bertz CT molecular complexity index is 592. The van der Waals surface area contributed by atoms with Gasteiger partial charge in [0.25, 0.3) is 0 Å². The predicted octanol–water partition coefficient (Wildman–Crippen LogP) is 2.59. The van der Waals surface area contributed by atoms with Crippen molar-refractivity contribution in [2.75, 3.05) is 26.5 Å². The van der Waals surface area contributed by atoms with E-state index in [0.29, 0.717) is 4.34 Å². The van der Waals surface area contributed by atoms with Gasteiger partial charge in [-0.3, -0.25) is 0 Å². The van der Waals surface area contributed by atoms with Crippen molar-refractivity contribution in [1.29, 1.82) is 0 Å². The molecule has 0 aliphatic heterocycles. The molecule has 0 atom stereocenters. The van der Waals surface area contributed by atoms with Crippen LogP contribution in [0.2, 0.25) is 0 Å². The molecule has 9 heteroatoms. The van der Waals surface area contributed by atoms with Crippen LogP contribution in [-0.2, 0) is 4.74 Å². The third-order valence-corrected chi connectivity index (χ3v) is 4.46. The summed E-state index contributed by atoms with van der Waals surface area (Å²) in [5, 5.41) is 4.17. The smallest absolute Gasteiger partial charge is 0.437 e. The van der Waals surface area contributed by atoms with Crippen LogP contribution < -0.4 is 4.80 Å². The van der Waals surface area contributed by atoms with Gasteiger partial charge < -0.3 is 9.64 Å². The number of rotatable bonds is 6. The van der Waals surface area contributed by atoms with Crippen LogP contribution in [0.4, 0.5) is 9.59 Å². The standard InChI is InChI=1S/C13H20N4O3S2/c1-5-7-9-21-12-15-17(13(19)20-8-6-2)11(22-12)14-10(18)16(3)4/h6H,2,5,7-9H2,1,3-4H3. The molecule has 122 valence electrons. The zero-order valence-electron chi connectivity index (χ0n) is 12.9. The average molecular weight is 344 g/mol. The number of aromatic nitrogens is 2. The number of hydrogen-bond donors (Lipinski definition) is 0. The quantitative estimate of drug-likeness (QED) is 0.450. The summed E-state index contributed by atoms with van der Waals surface area (Å²) in [5.74, 6) is 0.896. The minimum atomic E-state index is -0.677. The third-order valence-electron chi connectivity index (χ3n) is 2.34. The van der Waals surface area contributed by atoms with Crippen LogP contribution in [0.5, 0.6) is 0 Å². The summed E-state index contributed by atoms with van der Waals surface area (Å²) >= 11 is 2.72. The van der Waals surface area contributed by atoms with Crippen LogP contribution in [0.15, 0.2) is 22.0 Å². The molecule has 22 heavy (non-hydrogen) atoms. The first-order chi connectivity index (χ1) is 10.5. The maximum atomic E-state index is 12.0. The molecule has 0 unspecified atom stereocenters. The number of nitrogens with zero attached hydrogens (tertiary/aromatic N) is 4. The Labute approximate surface area is 137 Å². The van der Waals surface area contributed by atoms with E-state index in [1.54, 1.807) is 14.1 Å². The molecule has 1 aromatic rings. The highest BCUT2D eigenvalue weighted by molar-refractivity contribution is 8.00. The molecule has 0 N–H and O–H groups in total. The van der Waals surface area contributed by atoms with Crippen LogP contribution in [0.1, 0.15) is 19.8 Å². The molecule has 2 amide bonds. The van der Waals surface area contributed by atoms with Gasteiger partial charge in [0, 0.05) is 19.8 Å². The van der Waals surface area contributed by atoms with E-state index >= 15 is 0 Å². The van der Waals surface area contributed by atoms with Crippen LogP contribution in [-0.4, -0.2) is 53.3 Å². The molecule has 1 aromatic heterocycles. The summed E-state index contributed by atoms with van der Waals surface area (Å²) in [5.41, 5.74) is 0. The first kappa shape index (κ1) is 18.4. The molecule has 0 spiro atoms. The fourth-order valence-corrected chi connectivity index (χ4v) is 3.25. The lowest BCUT2D eigenvalue weighted by Gasteiger charge is -2.04. The van der Waals surface area contributed by atoms with E-state index in [1.807, 2.05) is 0 Å². The number of urea groups is 1. The van der Waals surface area contributed by atoms with Crippen molar-refractivity contribution < 1.29 is 14.3 Å². The van der Waals surface area contributed by atoms with E-state index in [-0.39, 0.29) is 11.4 Å². The van der Waals surface area contributed by atoms with Gasteiger partial charge in [-0.2, -0.15) is 4.99 Å². The monoisotopic (exact) mass is 344 g/mol. The maximum Gasteiger partial charge on any atom is 0.437 e. The highest BCUT2D eigenvalue weighted by atomic mass is 32.2. The molecule has 1 heterocycles. The van der Waals surface area contributed by atoms with E-state index in [0.717, 1.165) is 23.3 Å². The van der Waals surface area contributed by atoms with E-state index < -0.39 is 12.1 Å².